The summed E-state index contributed by atoms with van der Waals surface area (Å²) >= 11 is 0. The number of pyridine rings is 1. The van der Waals surface area contributed by atoms with Gasteiger partial charge in [0.25, 0.3) is 0 Å². The van der Waals surface area contributed by atoms with Gasteiger partial charge in [-0.05, 0) is 19.4 Å². The minimum absolute atomic E-state index is 1.05. The molecule has 2 aromatic heterocycles. The maximum Gasteiger partial charge on any atom is 0.0741 e. The molecule has 0 bridgehead atoms. The van der Waals surface area contributed by atoms with Crippen LogP contribution in [-0.2, 0) is 7.05 Å². The van der Waals surface area contributed by atoms with Crippen LogP contribution >= 0.6 is 0 Å². The van der Waals surface area contributed by atoms with Crippen LogP contribution in [0, 0.1) is 13.8 Å². The molecule has 0 atom stereocenters. The molecular weight excluding hydrogens is 150 g/mol. The molecule has 0 aliphatic rings. The van der Waals surface area contributed by atoms with E-state index in [0.717, 1.165) is 11.1 Å². The monoisotopic (exact) mass is 161 g/mol. The largest absolute Gasteiger partial charge is 0.267 e. The third-order valence-electron chi connectivity index (χ3n) is 2.11. The zero-order chi connectivity index (χ0) is 8.72. The highest BCUT2D eigenvalue weighted by Gasteiger charge is 2.05. The first kappa shape index (κ1) is 7.28. The Kier molecular flexibility index (Phi) is 1.40. The van der Waals surface area contributed by atoms with E-state index in [1.54, 1.807) is 0 Å². The van der Waals surface area contributed by atoms with E-state index in [2.05, 4.69) is 17.0 Å². The number of nitrogens with zero attached hydrogens (tertiary/aromatic N) is 3. The predicted molar refractivity (Wildman–Crippen MR) is 48.0 cm³/mol. The lowest BCUT2D eigenvalue weighted by Crippen LogP contribution is -1.91. The van der Waals surface area contributed by atoms with E-state index in [9.17, 15) is 0 Å². The lowest BCUT2D eigenvalue weighted by Gasteiger charge is -1.96. The van der Waals surface area contributed by atoms with Crippen molar-refractivity contribution >= 4 is 10.9 Å². The van der Waals surface area contributed by atoms with Gasteiger partial charge in [0.1, 0.15) is 0 Å². The fraction of sp³-hybridized carbons (Fsp3) is 0.333. The van der Waals surface area contributed by atoms with Crippen molar-refractivity contribution in [3.8, 4) is 0 Å². The zero-order valence-corrected chi connectivity index (χ0v) is 7.50. The highest BCUT2D eigenvalue weighted by molar-refractivity contribution is 5.83. The molecule has 0 fully saturated rings. The second kappa shape index (κ2) is 2.30. The van der Waals surface area contributed by atoms with Crippen LogP contribution < -0.4 is 0 Å². The molecule has 0 N–H and O–H groups in total. The van der Waals surface area contributed by atoms with E-state index in [0.29, 0.717) is 0 Å². The van der Waals surface area contributed by atoms with E-state index in [4.69, 9.17) is 0 Å². The molecular formula is C9H11N3. The van der Waals surface area contributed by atoms with Crippen LogP contribution in [0.1, 0.15) is 11.3 Å². The normalized spacial score (nSPS) is 10.9. The molecule has 2 rings (SSSR count). The standard InChI is InChI=1S/C9H11N3/c1-6-4-10-5-8-7(2)11-12(3)9(6)8/h4-5H,1-3H3. The second-order valence-electron chi connectivity index (χ2n) is 3.06. The van der Waals surface area contributed by atoms with E-state index < -0.39 is 0 Å². The number of rotatable bonds is 0. The predicted octanol–water partition coefficient (Wildman–Crippen LogP) is 1.59. The first-order chi connectivity index (χ1) is 5.70. The minimum atomic E-state index is 1.05. The molecule has 0 spiro atoms. The van der Waals surface area contributed by atoms with Gasteiger partial charge in [0.15, 0.2) is 0 Å². The van der Waals surface area contributed by atoms with Gasteiger partial charge in [-0.3, -0.25) is 9.67 Å². The first-order valence-electron chi connectivity index (χ1n) is 3.94. The van der Waals surface area contributed by atoms with Gasteiger partial charge >= 0.3 is 0 Å². The smallest absolute Gasteiger partial charge is 0.0741 e. The number of fused-ring (bicyclic) bond motifs is 1. The van der Waals surface area contributed by atoms with Crippen LogP contribution in [-0.4, -0.2) is 14.8 Å². The van der Waals surface area contributed by atoms with Crippen molar-refractivity contribution in [3.05, 3.63) is 23.7 Å². The van der Waals surface area contributed by atoms with Gasteiger partial charge in [0.05, 0.1) is 11.2 Å². The van der Waals surface area contributed by atoms with Gasteiger partial charge in [-0.2, -0.15) is 5.10 Å². The van der Waals surface area contributed by atoms with Gasteiger partial charge in [0, 0.05) is 24.8 Å². The topological polar surface area (TPSA) is 30.7 Å². The summed E-state index contributed by atoms with van der Waals surface area (Å²) in [6.45, 7) is 4.06. The Labute approximate surface area is 71.0 Å². The molecule has 0 saturated heterocycles. The molecule has 0 aliphatic carbocycles. The van der Waals surface area contributed by atoms with Gasteiger partial charge in [-0.15, -0.1) is 0 Å². The summed E-state index contributed by atoms with van der Waals surface area (Å²) in [5.41, 5.74) is 3.40. The Morgan fingerprint density at radius 2 is 2.00 bits per heavy atom. The highest BCUT2D eigenvalue weighted by atomic mass is 15.3. The van der Waals surface area contributed by atoms with Crippen LogP contribution in [0.5, 0.6) is 0 Å². The van der Waals surface area contributed by atoms with Gasteiger partial charge in [0.2, 0.25) is 0 Å². The van der Waals surface area contributed by atoms with E-state index >= 15 is 0 Å². The number of aryl methyl sites for hydroxylation is 3. The molecule has 2 heterocycles. The van der Waals surface area contributed by atoms with Crippen molar-refractivity contribution < 1.29 is 0 Å². The quantitative estimate of drug-likeness (QED) is 0.587. The number of aromatic nitrogens is 3. The molecule has 62 valence electrons. The summed E-state index contributed by atoms with van der Waals surface area (Å²) in [5, 5.41) is 5.48. The SMILES string of the molecule is Cc1nn(C)c2c(C)cncc12. The van der Waals surface area contributed by atoms with Crippen molar-refractivity contribution in [2.45, 2.75) is 13.8 Å². The summed E-state index contributed by atoms with van der Waals surface area (Å²) in [6, 6.07) is 0. The highest BCUT2D eigenvalue weighted by Crippen LogP contribution is 2.18. The average Bonchev–Trinajstić information content (AvgIpc) is 2.29. The Balaban J connectivity index is 2.99. The van der Waals surface area contributed by atoms with Gasteiger partial charge < -0.3 is 0 Å². The third-order valence-corrected chi connectivity index (χ3v) is 2.11. The molecule has 3 nitrogen and oxygen atoms in total. The van der Waals surface area contributed by atoms with Crippen molar-refractivity contribution in [3.63, 3.8) is 0 Å². The first-order valence-corrected chi connectivity index (χ1v) is 3.94. The molecule has 0 radical (unpaired) electrons. The van der Waals surface area contributed by atoms with Crippen molar-refractivity contribution in [2.75, 3.05) is 0 Å². The second-order valence-corrected chi connectivity index (χ2v) is 3.06. The molecule has 0 amide bonds. The van der Waals surface area contributed by atoms with Crippen LogP contribution in [0.15, 0.2) is 12.4 Å². The summed E-state index contributed by atoms with van der Waals surface area (Å²) in [4.78, 5) is 4.13. The lowest BCUT2D eigenvalue weighted by molar-refractivity contribution is 0.781. The third kappa shape index (κ3) is 0.826. The van der Waals surface area contributed by atoms with Crippen LogP contribution in [0.25, 0.3) is 10.9 Å². The fourth-order valence-corrected chi connectivity index (χ4v) is 1.58. The van der Waals surface area contributed by atoms with Crippen molar-refractivity contribution in [1.29, 1.82) is 0 Å². The minimum Gasteiger partial charge on any atom is -0.267 e. The summed E-state index contributed by atoms with van der Waals surface area (Å²) in [7, 11) is 1.96. The summed E-state index contributed by atoms with van der Waals surface area (Å²) in [5.74, 6) is 0. The lowest BCUT2D eigenvalue weighted by atomic mass is 10.2. The van der Waals surface area contributed by atoms with E-state index in [1.165, 1.54) is 11.1 Å². The van der Waals surface area contributed by atoms with Gasteiger partial charge in [-0.25, -0.2) is 0 Å². The Bertz CT molecular complexity index is 429. The van der Waals surface area contributed by atoms with Crippen LogP contribution in [0.4, 0.5) is 0 Å². The van der Waals surface area contributed by atoms with Crippen LogP contribution in [0.3, 0.4) is 0 Å². The Morgan fingerprint density at radius 3 is 2.67 bits per heavy atom. The maximum absolute atomic E-state index is 4.33. The van der Waals surface area contributed by atoms with Crippen molar-refractivity contribution in [2.24, 2.45) is 7.05 Å². The maximum atomic E-state index is 4.33. The zero-order valence-electron chi connectivity index (χ0n) is 7.50. The molecule has 2 aromatic rings. The molecule has 12 heavy (non-hydrogen) atoms. The average molecular weight is 161 g/mol. The Hall–Kier alpha value is -1.38. The van der Waals surface area contributed by atoms with Gasteiger partial charge in [-0.1, -0.05) is 0 Å². The van der Waals surface area contributed by atoms with E-state index in [1.807, 2.05) is 31.0 Å². The summed E-state index contributed by atoms with van der Waals surface area (Å²) in [6.07, 6.45) is 3.73. The number of hydrogen-bond donors (Lipinski definition) is 0. The van der Waals surface area contributed by atoms with Crippen LogP contribution in [0.2, 0.25) is 0 Å². The number of hydrogen-bond acceptors (Lipinski definition) is 2. The molecule has 0 saturated carbocycles. The molecule has 0 aromatic carbocycles. The molecule has 0 aliphatic heterocycles. The Morgan fingerprint density at radius 1 is 1.25 bits per heavy atom. The molecule has 3 heteroatoms. The molecule has 0 unspecified atom stereocenters. The summed E-state index contributed by atoms with van der Waals surface area (Å²) < 4.78 is 1.90. The van der Waals surface area contributed by atoms with E-state index in [-0.39, 0.29) is 0 Å². The fourth-order valence-electron chi connectivity index (χ4n) is 1.58. The van der Waals surface area contributed by atoms with Crippen molar-refractivity contribution in [1.82, 2.24) is 14.8 Å².